The van der Waals surface area contributed by atoms with E-state index < -0.39 is 0 Å². The van der Waals surface area contributed by atoms with Gasteiger partial charge in [0.25, 0.3) is 0 Å². The quantitative estimate of drug-likeness (QED) is 0.820. The van der Waals surface area contributed by atoms with E-state index in [9.17, 15) is 5.11 Å². The van der Waals surface area contributed by atoms with Gasteiger partial charge in [-0.3, -0.25) is 4.99 Å². The lowest BCUT2D eigenvalue weighted by molar-refractivity contribution is 0.340. The highest BCUT2D eigenvalue weighted by molar-refractivity contribution is 6.37. The molecule has 0 aliphatic carbocycles. The van der Waals surface area contributed by atoms with Crippen LogP contribution >= 0.6 is 23.2 Å². The van der Waals surface area contributed by atoms with Crippen LogP contribution in [0.4, 0.5) is 5.69 Å². The SMILES string of the molecule is CCOc1ccc(N=Cc2cc(Cl)c(O)c(Cl)c2)cc1. The topological polar surface area (TPSA) is 41.8 Å². The molecule has 20 heavy (non-hydrogen) atoms. The van der Waals surface area contributed by atoms with Crippen LogP contribution in [0.3, 0.4) is 0 Å². The highest BCUT2D eigenvalue weighted by atomic mass is 35.5. The summed E-state index contributed by atoms with van der Waals surface area (Å²) in [5, 5.41) is 9.87. The lowest BCUT2D eigenvalue weighted by Gasteiger charge is -2.03. The van der Waals surface area contributed by atoms with Crippen LogP contribution in [-0.2, 0) is 0 Å². The van der Waals surface area contributed by atoms with E-state index in [-0.39, 0.29) is 15.8 Å². The number of nitrogens with zero attached hydrogens (tertiary/aromatic N) is 1. The Balaban J connectivity index is 2.16. The Labute approximate surface area is 127 Å². The number of phenolic OH excluding ortho intramolecular Hbond substituents is 1. The van der Waals surface area contributed by atoms with Crippen LogP contribution in [0, 0.1) is 0 Å². The Kier molecular flexibility index (Phi) is 4.88. The van der Waals surface area contributed by atoms with Crippen LogP contribution in [0.25, 0.3) is 0 Å². The van der Waals surface area contributed by atoms with Crippen LogP contribution in [-0.4, -0.2) is 17.9 Å². The number of rotatable bonds is 4. The van der Waals surface area contributed by atoms with Crippen LogP contribution < -0.4 is 4.74 Å². The maximum Gasteiger partial charge on any atom is 0.152 e. The maximum absolute atomic E-state index is 9.47. The second-order valence-electron chi connectivity index (χ2n) is 4.02. The molecule has 0 heterocycles. The van der Waals surface area contributed by atoms with E-state index >= 15 is 0 Å². The molecule has 0 amide bonds. The Hall–Kier alpha value is -1.71. The summed E-state index contributed by atoms with van der Waals surface area (Å²) >= 11 is 11.7. The molecule has 0 unspecified atom stereocenters. The average molecular weight is 310 g/mol. The first-order chi connectivity index (χ1) is 9.60. The molecule has 1 N–H and O–H groups in total. The minimum atomic E-state index is -0.119. The fourth-order valence-corrected chi connectivity index (χ4v) is 2.11. The molecule has 3 nitrogen and oxygen atoms in total. The molecule has 5 heteroatoms. The number of hydrogen-bond donors (Lipinski definition) is 1. The van der Waals surface area contributed by atoms with Crippen molar-refractivity contribution in [1.82, 2.24) is 0 Å². The van der Waals surface area contributed by atoms with Crippen molar-refractivity contribution in [3.63, 3.8) is 0 Å². The molecule has 0 fully saturated rings. The van der Waals surface area contributed by atoms with Gasteiger partial charge in [0.1, 0.15) is 5.75 Å². The van der Waals surface area contributed by atoms with E-state index in [1.165, 1.54) is 0 Å². The lowest BCUT2D eigenvalue weighted by Crippen LogP contribution is -1.89. The molecule has 0 radical (unpaired) electrons. The maximum atomic E-state index is 9.47. The van der Waals surface area contributed by atoms with Gasteiger partial charge in [0.2, 0.25) is 0 Å². The minimum Gasteiger partial charge on any atom is -0.505 e. The number of hydrogen-bond acceptors (Lipinski definition) is 3. The number of aromatic hydroxyl groups is 1. The molecule has 0 atom stereocenters. The highest BCUT2D eigenvalue weighted by Crippen LogP contribution is 2.32. The van der Waals surface area contributed by atoms with Gasteiger partial charge in [-0.1, -0.05) is 23.2 Å². The second-order valence-corrected chi connectivity index (χ2v) is 4.83. The summed E-state index contributed by atoms with van der Waals surface area (Å²) < 4.78 is 5.35. The average Bonchev–Trinajstić information content (AvgIpc) is 2.44. The lowest BCUT2D eigenvalue weighted by atomic mass is 10.2. The van der Waals surface area contributed by atoms with Gasteiger partial charge in [-0.15, -0.1) is 0 Å². The third-order valence-corrected chi connectivity index (χ3v) is 3.13. The summed E-state index contributed by atoms with van der Waals surface area (Å²) in [7, 11) is 0. The first-order valence-electron chi connectivity index (χ1n) is 6.05. The van der Waals surface area contributed by atoms with E-state index in [1.807, 2.05) is 31.2 Å². The molecule has 2 rings (SSSR count). The number of phenols is 1. The van der Waals surface area contributed by atoms with Gasteiger partial charge in [-0.2, -0.15) is 0 Å². The van der Waals surface area contributed by atoms with Gasteiger partial charge >= 0.3 is 0 Å². The Morgan fingerprint density at radius 2 is 1.75 bits per heavy atom. The van der Waals surface area contributed by atoms with Gasteiger partial charge < -0.3 is 9.84 Å². The Bertz CT molecular complexity index is 601. The van der Waals surface area contributed by atoms with Crippen molar-refractivity contribution in [2.24, 2.45) is 4.99 Å². The smallest absolute Gasteiger partial charge is 0.152 e. The Morgan fingerprint density at radius 1 is 1.15 bits per heavy atom. The molecule has 0 aromatic heterocycles. The van der Waals surface area contributed by atoms with Gasteiger partial charge in [-0.05, 0) is 48.9 Å². The van der Waals surface area contributed by atoms with Crippen molar-refractivity contribution in [3.8, 4) is 11.5 Å². The molecule has 2 aromatic carbocycles. The zero-order chi connectivity index (χ0) is 14.5. The van der Waals surface area contributed by atoms with Crippen molar-refractivity contribution >= 4 is 35.1 Å². The van der Waals surface area contributed by atoms with Gasteiger partial charge in [0, 0.05) is 6.21 Å². The standard InChI is InChI=1S/C15H13Cl2NO2/c1-2-20-12-5-3-11(4-6-12)18-9-10-7-13(16)15(19)14(17)8-10/h3-9,19H,2H2,1H3. The minimum absolute atomic E-state index is 0.119. The zero-order valence-corrected chi connectivity index (χ0v) is 12.3. The predicted molar refractivity (Wildman–Crippen MR) is 83.0 cm³/mol. The van der Waals surface area contributed by atoms with Crippen molar-refractivity contribution in [2.45, 2.75) is 6.92 Å². The zero-order valence-electron chi connectivity index (χ0n) is 10.8. The molecule has 0 saturated heterocycles. The third-order valence-electron chi connectivity index (χ3n) is 2.55. The fourth-order valence-electron chi connectivity index (χ4n) is 1.60. The first kappa shape index (κ1) is 14.7. The molecule has 0 spiro atoms. The van der Waals surface area contributed by atoms with E-state index in [0.717, 1.165) is 11.4 Å². The second kappa shape index (κ2) is 6.64. The number of benzene rings is 2. The van der Waals surface area contributed by atoms with Crippen LogP contribution in [0.5, 0.6) is 11.5 Å². The summed E-state index contributed by atoms with van der Waals surface area (Å²) in [6.45, 7) is 2.57. The van der Waals surface area contributed by atoms with Gasteiger partial charge in [0.15, 0.2) is 5.75 Å². The molecular formula is C15H13Cl2NO2. The monoisotopic (exact) mass is 309 g/mol. The molecule has 2 aromatic rings. The fraction of sp³-hybridized carbons (Fsp3) is 0.133. The van der Waals surface area contributed by atoms with Gasteiger partial charge in [0.05, 0.1) is 22.3 Å². The third kappa shape index (κ3) is 3.65. The number of aliphatic imine (C=N–C) groups is 1. The van der Waals surface area contributed by atoms with Crippen molar-refractivity contribution in [1.29, 1.82) is 0 Å². The largest absolute Gasteiger partial charge is 0.505 e. The molecule has 0 aliphatic rings. The van der Waals surface area contributed by atoms with E-state index in [0.29, 0.717) is 12.2 Å². The normalized spacial score (nSPS) is 10.9. The summed E-state index contributed by atoms with van der Waals surface area (Å²) in [4.78, 5) is 4.31. The van der Waals surface area contributed by atoms with Crippen LogP contribution in [0.1, 0.15) is 12.5 Å². The molecule has 104 valence electrons. The van der Waals surface area contributed by atoms with Crippen LogP contribution in [0.15, 0.2) is 41.4 Å². The predicted octanol–water partition coefficient (Wildman–Crippen LogP) is 4.85. The van der Waals surface area contributed by atoms with Crippen LogP contribution in [0.2, 0.25) is 10.0 Å². The van der Waals surface area contributed by atoms with Gasteiger partial charge in [-0.25, -0.2) is 0 Å². The highest BCUT2D eigenvalue weighted by Gasteiger charge is 2.05. The first-order valence-corrected chi connectivity index (χ1v) is 6.80. The number of halogens is 2. The van der Waals surface area contributed by atoms with E-state index in [1.54, 1.807) is 18.3 Å². The molecule has 0 bridgehead atoms. The summed E-state index contributed by atoms with van der Waals surface area (Å²) in [6.07, 6.45) is 1.63. The summed E-state index contributed by atoms with van der Waals surface area (Å²) in [6, 6.07) is 10.6. The van der Waals surface area contributed by atoms with Crippen molar-refractivity contribution in [3.05, 3.63) is 52.0 Å². The molecule has 0 saturated carbocycles. The van der Waals surface area contributed by atoms with Crippen molar-refractivity contribution < 1.29 is 9.84 Å². The molecule has 0 aliphatic heterocycles. The molecular weight excluding hydrogens is 297 g/mol. The van der Waals surface area contributed by atoms with Crippen molar-refractivity contribution in [2.75, 3.05) is 6.61 Å². The summed E-state index contributed by atoms with van der Waals surface area (Å²) in [5.41, 5.74) is 1.50. The summed E-state index contributed by atoms with van der Waals surface area (Å²) in [5.74, 6) is 0.689. The van der Waals surface area contributed by atoms with E-state index in [4.69, 9.17) is 27.9 Å². The van der Waals surface area contributed by atoms with E-state index in [2.05, 4.69) is 4.99 Å². The Morgan fingerprint density at radius 3 is 2.30 bits per heavy atom. The number of ether oxygens (including phenoxy) is 1.